The van der Waals surface area contributed by atoms with E-state index >= 15 is 0 Å². The number of hydrogen-bond acceptors (Lipinski definition) is 4. The van der Waals surface area contributed by atoms with Gasteiger partial charge in [-0.2, -0.15) is 0 Å². The van der Waals surface area contributed by atoms with Gasteiger partial charge < -0.3 is 9.47 Å². The van der Waals surface area contributed by atoms with Crippen LogP contribution < -0.4 is 0 Å². The molecule has 4 nitrogen and oxygen atoms in total. The van der Waals surface area contributed by atoms with Gasteiger partial charge in [-0.15, -0.1) is 0 Å². The number of hydrogen-bond donors (Lipinski definition) is 0. The molecule has 0 aromatic carbocycles. The van der Waals surface area contributed by atoms with Gasteiger partial charge in [-0.3, -0.25) is 0 Å². The molecule has 0 spiro atoms. The zero-order valence-corrected chi connectivity index (χ0v) is 17.8. The summed E-state index contributed by atoms with van der Waals surface area (Å²) in [6, 6.07) is 0. The van der Waals surface area contributed by atoms with Gasteiger partial charge in [0.15, 0.2) is 0 Å². The topological polar surface area (TPSA) is 52.6 Å². The summed E-state index contributed by atoms with van der Waals surface area (Å²) in [7, 11) is 0. The van der Waals surface area contributed by atoms with Crippen molar-refractivity contribution < 1.29 is 19.1 Å². The molecule has 158 valence electrons. The number of allylic oxidation sites excluding steroid dienone is 4. The average molecular weight is 391 g/mol. The van der Waals surface area contributed by atoms with Gasteiger partial charge in [0, 0.05) is 11.1 Å². The maximum absolute atomic E-state index is 12.4. The molecule has 0 radical (unpaired) electrons. The predicted octanol–water partition coefficient (Wildman–Crippen LogP) is 6.22. The van der Waals surface area contributed by atoms with E-state index in [0.717, 1.165) is 64.2 Å². The van der Waals surface area contributed by atoms with Gasteiger partial charge in [-0.1, -0.05) is 51.0 Å². The first-order valence-corrected chi connectivity index (χ1v) is 11.1. The fourth-order valence-electron chi connectivity index (χ4n) is 3.07. The van der Waals surface area contributed by atoms with Crippen LogP contribution in [0.2, 0.25) is 0 Å². The first kappa shape index (κ1) is 24.2. The van der Waals surface area contributed by atoms with E-state index in [-0.39, 0.29) is 11.9 Å². The Hall–Kier alpha value is -1.84. The lowest BCUT2D eigenvalue weighted by molar-refractivity contribution is -0.143. The summed E-state index contributed by atoms with van der Waals surface area (Å²) < 4.78 is 10.8. The number of carbonyl (C=O) groups excluding carboxylic acids is 2. The Bertz CT molecular complexity index is 495. The lowest BCUT2D eigenvalue weighted by atomic mass is 9.92. The molecule has 1 aliphatic rings. The van der Waals surface area contributed by atoms with Crippen LogP contribution in [-0.4, -0.2) is 25.2 Å². The molecule has 0 saturated carbocycles. The van der Waals surface area contributed by atoms with Crippen LogP contribution in [0.25, 0.3) is 0 Å². The second-order valence-corrected chi connectivity index (χ2v) is 7.24. The molecule has 0 N–H and O–H groups in total. The van der Waals surface area contributed by atoms with Gasteiger partial charge in [0.05, 0.1) is 13.2 Å². The highest BCUT2D eigenvalue weighted by atomic mass is 16.5. The maximum Gasteiger partial charge on any atom is 0.334 e. The van der Waals surface area contributed by atoms with Crippen LogP contribution >= 0.6 is 0 Å². The molecule has 28 heavy (non-hydrogen) atoms. The molecule has 1 aliphatic carbocycles. The summed E-state index contributed by atoms with van der Waals surface area (Å²) in [5, 5.41) is 0. The minimum atomic E-state index is -0.341. The van der Waals surface area contributed by atoms with Gasteiger partial charge in [0.2, 0.25) is 0 Å². The number of carbonyl (C=O) groups is 2. The molecule has 0 bridgehead atoms. The Morgan fingerprint density at radius 3 is 1.50 bits per heavy atom. The van der Waals surface area contributed by atoms with E-state index in [9.17, 15) is 9.59 Å². The number of unbranched alkanes of at least 4 members (excludes halogenated alkanes) is 4. The highest BCUT2D eigenvalue weighted by Gasteiger charge is 2.25. The summed E-state index contributed by atoms with van der Waals surface area (Å²) in [4.78, 5) is 24.8. The minimum absolute atomic E-state index is 0.341. The van der Waals surface area contributed by atoms with Crippen LogP contribution in [0.1, 0.15) is 90.9 Å². The lowest BCUT2D eigenvalue weighted by Crippen LogP contribution is -2.20. The van der Waals surface area contributed by atoms with E-state index in [2.05, 4.69) is 38.2 Å². The second kappa shape index (κ2) is 16.1. The number of esters is 2. The number of ether oxygens (including phenoxy) is 2. The van der Waals surface area contributed by atoms with E-state index in [1.165, 1.54) is 0 Å². The van der Waals surface area contributed by atoms with Gasteiger partial charge >= 0.3 is 11.9 Å². The predicted molar refractivity (Wildman–Crippen MR) is 114 cm³/mol. The third kappa shape index (κ3) is 10.5. The van der Waals surface area contributed by atoms with Crippen LogP contribution in [0.4, 0.5) is 0 Å². The SMILES string of the molecule is CCC/C=C/CCCOC(=O)C1=C(C(=O)OCCC/C=C/CCC)CCCC1. The summed E-state index contributed by atoms with van der Waals surface area (Å²) >= 11 is 0. The standard InChI is InChI=1S/C24H38O4/c1-3-5-7-9-11-15-19-27-23(25)21-17-13-14-18-22(21)24(26)28-20-16-12-10-8-6-4-2/h7-10H,3-6,11-20H2,1-2H3/b9-7+,10-8+. The van der Waals surface area contributed by atoms with E-state index < -0.39 is 0 Å². The van der Waals surface area contributed by atoms with Gasteiger partial charge in [-0.25, -0.2) is 9.59 Å². The molecule has 0 heterocycles. The van der Waals surface area contributed by atoms with Crippen LogP contribution in [-0.2, 0) is 19.1 Å². The summed E-state index contributed by atoms with van der Waals surface area (Å²) in [5.41, 5.74) is 1.06. The van der Waals surface area contributed by atoms with Gasteiger partial charge in [0.25, 0.3) is 0 Å². The fraction of sp³-hybridized carbons (Fsp3) is 0.667. The third-order valence-corrected chi connectivity index (χ3v) is 4.70. The monoisotopic (exact) mass is 390 g/mol. The molecule has 0 saturated heterocycles. The van der Waals surface area contributed by atoms with Crippen molar-refractivity contribution in [3.05, 3.63) is 35.5 Å². The van der Waals surface area contributed by atoms with Crippen LogP contribution in [0.15, 0.2) is 35.5 Å². The second-order valence-electron chi connectivity index (χ2n) is 7.24. The van der Waals surface area contributed by atoms with Crippen LogP contribution in [0.5, 0.6) is 0 Å². The fourth-order valence-corrected chi connectivity index (χ4v) is 3.07. The Balaban J connectivity index is 2.40. The van der Waals surface area contributed by atoms with Crippen LogP contribution in [0.3, 0.4) is 0 Å². The van der Waals surface area contributed by atoms with E-state index in [1.54, 1.807) is 0 Å². The molecule has 0 amide bonds. The zero-order chi connectivity index (χ0) is 20.5. The van der Waals surface area contributed by atoms with Crippen molar-refractivity contribution in [2.75, 3.05) is 13.2 Å². The Morgan fingerprint density at radius 1 is 0.714 bits per heavy atom. The lowest BCUT2D eigenvalue weighted by Gasteiger charge is -2.18. The van der Waals surface area contributed by atoms with Gasteiger partial charge in [-0.05, 0) is 64.2 Å². The highest BCUT2D eigenvalue weighted by Crippen LogP contribution is 2.27. The molecule has 0 fully saturated rings. The summed E-state index contributed by atoms with van der Waals surface area (Å²) in [5.74, 6) is -0.682. The quantitative estimate of drug-likeness (QED) is 0.201. The first-order valence-electron chi connectivity index (χ1n) is 11.1. The molecule has 0 aromatic heterocycles. The van der Waals surface area contributed by atoms with Crippen LogP contribution in [0, 0.1) is 0 Å². The molecular formula is C24H38O4. The first-order chi connectivity index (χ1) is 13.7. The minimum Gasteiger partial charge on any atom is -0.462 e. The Morgan fingerprint density at radius 2 is 1.11 bits per heavy atom. The van der Waals surface area contributed by atoms with Crippen molar-refractivity contribution in [3.8, 4) is 0 Å². The van der Waals surface area contributed by atoms with Gasteiger partial charge in [0.1, 0.15) is 0 Å². The average Bonchev–Trinajstić information content (AvgIpc) is 2.72. The van der Waals surface area contributed by atoms with E-state index in [1.807, 2.05) is 0 Å². The van der Waals surface area contributed by atoms with Crippen molar-refractivity contribution in [2.24, 2.45) is 0 Å². The molecule has 4 heteroatoms. The number of rotatable bonds is 14. The Labute approximate surface area is 171 Å². The molecule has 0 atom stereocenters. The smallest absolute Gasteiger partial charge is 0.334 e. The van der Waals surface area contributed by atoms with Crippen molar-refractivity contribution in [1.29, 1.82) is 0 Å². The molecule has 0 unspecified atom stereocenters. The van der Waals surface area contributed by atoms with Crippen molar-refractivity contribution in [1.82, 2.24) is 0 Å². The van der Waals surface area contributed by atoms with Crippen molar-refractivity contribution in [3.63, 3.8) is 0 Å². The maximum atomic E-state index is 12.4. The highest BCUT2D eigenvalue weighted by molar-refractivity contribution is 6.00. The van der Waals surface area contributed by atoms with E-state index in [0.29, 0.717) is 37.2 Å². The summed E-state index contributed by atoms with van der Waals surface area (Å²) in [6.07, 6.45) is 19.6. The third-order valence-electron chi connectivity index (χ3n) is 4.70. The largest absolute Gasteiger partial charge is 0.462 e. The zero-order valence-electron chi connectivity index (χ0n) is 17.8. The molecule has 0 aromatic rings. The molecule has 1 rings (SSSR count). The molecule has 0 aliphatic heterocycles. The van der Waals surface area contributed by atoms with Crippen molar-refractivity contribution >= 4 is 11.9 Å². The Kier molecular flexibility index (Phi) is 14.0. The van der Waals surface area contributed by atoms with Crippen molar-refractivity contribution in [2.45, 2.75) is 90.9 Å². The molecular weight excluding hydrogens is 352 g/mol. The summed E-state index contributed by atoms with van der Waals surface area (Å²) in [6.45, 7) is 5.09. The van der Waals surface area contributed by atoms with E-state index in [4.69, 9.17) is 9.47 Å². The normalized spacial score (nSPS) is 14.8.